The van der Waals surface area contributed by atoms with Crippen LogP contribution in [-0.4, -0.2) is 24.5 Å². The summed E-state index contributed by atoms with van der Waals surface area (Å²) in [5.41, 5.74) is 5.04. The summed E-state index contributed by atoms with van der Waals surface area (Å²) in [4.78, 5) is 19.9. The minimum absolute atomic E-state index is 0.108. The number of hydrogen-bond acceptors (Lipinski definition) is 5. The zero-order chi connectivity index (χ0) is 32.4. The van der Waals surface area contributed by atoms with E-state index in [4.69, 9.17) is 9.97 Å². The quantitative estimate of drug-likeness (QED) is 0.152. The molecule has 6 rings (SSSR count). The molecule has 0 aliphatic heterocycles. The summed E-state index contributed by atoms with van der Waals surface area (Å²) in [6, 6.07) is 30.8. The molecule has 0 spiro atoms. The van der Waals surface area contributed by atoms with Gasteiger partial charge in [0.25, 0.3) is 0 Å². The van der Waals surface area contributed by atoms with Crippen LogP contribution in [0.3, 0.4) is 0 Å². The van der Waals surface area contributed by atoms with Crippen LogP contribution >= 0.6 is 0 Å². The Morgan fingerprint density at radius 3 is 2.20 bits per heavy atom. The fourth-order valence-electron chi connectivity index (χ4n) is 5.58. The molecule has 0 aliphatic rings. The monoisotopic (exact) mass is 614 g/mol. The number of hydrogen-bond donors (Lipinski definition) is 0. The van der Waals surface area contributed by atoms with E-state index in [-0.39, 0.29) is 5.56 Å². The predicted octanol–water partition coefficient (Wildman–Crippen LogP) is 9.62. The van der Waals surface area contributed by atoms with Crippen molar-refractivity contribution in [2.75, 3.05) is 4.90 Å². The first-order chi connectivity index (χ1) is 22.2. The summed E-state index contributed by atoms with van der Waals surface area (Å²) in [5, 5.41) is 0. The number of nitrogens with zero attached hydrogens (tertiary/aromatic N) is 6. The Morgan fingerprint density at radius 2 is 1.52 bits per heavy atom. The molecule has 1 unspecified atom stereocenters. The number of rotatable bonds is 9. The second-order valence-electron chi connectivity index (χ2n) is 12.0. The van der Waals surface area contributed by atoms with Gasteiger partial charge >= 0.3 is 0 Å². The van der Waals surface area contributed by atoms with Crippen LogP contribution in [0.4, 0.5) is 25.8 Å². The molecule has 232 valence electrons. The number of para-hydroxylation sites is 1. The van der Waals surface area contributed by atoms with Crippen molar-refractivity contribution in [2.45, 2.75) is 52.4 Å². The van der Waals surface area contributed by atoms with Gasteiger partial charge in [0, 0.05) is 29.2 Å². The number of halogens is 2. The van der Waals surface area contributed by atoms with Crippen molar-refractivity contribution in [3.63, 3.8) is 0 Å². The smallest absolute Gasteiger partial charge is 0.224 e. The highest BCUT2D eigenvalue weighted by molar-refractivity contribution is 5.79. The van der Waals surface area contributed by atoms with Crippen LogP contribution in [0.5, 0.6) is 0 Å². The lowest BCUT2D eigenvalue weighted by Gasteiger charge is -2.30. The molecule has 6 nitrogen and oxygen atoms in total. The maximum Gasteiger partial charge on any atom is 0.224 e. The molecule has 4 aromatic heterocycles. The molecule has 4 heterocycles. The first-order valence-electron chi connectivity index (χ1n) is 15.4. The summed E-state index contributed by atoms with van der Waals surface area (Å²) >= 11 is 0. The molecule has 2 aromatic carbocycles. The van der Waals surface area contributed by atoms with Crippen LogP contribution in [0.25, 0.3) is 17.1 Å². The van der Waals surface area contributed by atoms with Crippen molar-refractivity contribution >= 4 is 17.1 Å². The van der Waals surface area contributed by atoms with Gasteiger partial charge in [-0.05, 0) is 99.3 Å². The van der Waals surface area contributed by atoms with E-state index >= 15 is 4.39 Å². The third-order valence-corrected chi connectivity index (χ3v) is 8.59. The van der Waals surface area contributed by atoms with E-state index in [0.29, 0.717) is 17.3 Å². The lowest BCUT2D eigenvalue weighted by atomic mass is 9.84. The standard InChI is InChI=1S/C38H36F2N6/c1-6-25(2)27-15-17-29(18-16-27)46(28-11-8-7-9-12-28)30-23-32(31-19-20-35(39)44-37(31)40)42-34(24-30)38(4,5)33-13-10-14-36(43-33)45-22-21-41-26(45)3/h7-25H,6H2,1-5H3. The number of aryl methyl sites for hydroxylation is 1. The molecule has 1 atom stereocenters. The van der Waals surface area contributed by atoms with Crippen molar-refractivity contribution in [3.8, 4) is 17.1 Å². The summed E-state index contributed by atoms with van der Waals surface area (Å²) in [6.45, 7) is 10.4. The minimum atomic E-state index is -0.923. The van der Waals surface area contributed by atoms with Gasteiger partial charge < -0.3 is 4.90 Å². The summed E-state index contributed by atoms with van der Waals surface area (Å²) in [5.74, 6) is 0.178. The normalized spacial score (nSPS) is 12.2. The van der Waals surface area contributed by atoms with Crippen molar-refractivity contribution in [3.05, 3.63) is 144 Å². The molecule has 0 fully saturated rings. The van der Waals surface area contributed by atoms with Gasteiger partial charge in [0.2, 0.25) is 11.9 Å². The van der Waals surface area contributed by atoms with E-state index in [1.54, 1.807) is 6.20 Å². The average molecular weight is 615 g/mol. The lowest BCUT2D eigenvalue weighted by Crippen LogP contribution is -2.24. The highest BCUT2D eigenvalue weighted by atomic mass is 19.1. The maximum absolute atomic E-state index is 15.2. The Kier molecular flexibility index (Phi) is 8.45. The molecule has 0 saturated carbocycles. The molecule has 0 aliphatic carbocycles. The van der Waals surface area contributed by atoms with Crippen molar-refractivity contribution < 1.29 is 8.78 Å². The van der Waals surface area contributed by atoms with Crippen LogP contribution in [-0.2, 0) is 5.41 Å². The Hall–Kier alpha value is -5.24. The van der Waals surface area contributed by atoms with Gasteiger partial charge in [-0.25, -0.2) is 9.97 Å². The number of imidazole rings is 1. The van der Waals surface area contributed by atoms with Gasteiger partial charge in [-0.2, -0.15) is 13.8 Å². The van der Waals surface area contributed by atoms with Crippen molar-refractivity contribution in [1.29, 1.82) is 0 Å². The molecule has 8 heteroatoms. The lowest BCUT2D eigenvalue weighted by molar-refractivity contribution is 0.514. The minimum Gasteiger partial charge on any atom is -0.310 e. The van der Waals surface area contributed by atoms with Gasteiger partial charge in [0.15, 0.2) is 0 Å². The van der Waals surface area contributed by atoms with Crippen LogP contribution in [0.15, 0.2) is 109 Å². The summed E-state index contributed by atoms with van der Waals surface area (Å²) in [6.07, 6.45) is 4.66. The van der Waals surface area contributed by atoms with Crippen LogP contribution in [0.1, 0.15) is 62.8 Å². The molecule has 0 radical (unpaired) electrons. The van der Waals surface area contributed by atoms with E-state index in [0.717, 1.165) is 46.9 Å². The molecule has 46 heavy (non-hydrogen) atoms. The van der Waals surface area contributed by atoms with Gasteiger partial charge in [-0.3, -0.25) is 9.55 Å². The average Bonchev–Trinajstić information content (AvgIpc) is 3.51. The van der Waals surface area contributed by atoms with Crippen LogP contribution in [0.2, 0.25) is 0 Å². The van der Waals surface area contributed by atoms with Crippen molar-refractivity contribution in [2.24, 2.45) is 0 Å². The third kappa shape index (κ3) is 6.03. The second kappa shape index (κ2) is 12.6. The number of aromatic nitrogens is 5. The molecule has 0 saturated heterocycles. The number of pyridine rings is 3. The Morgan fingerprint density at radius 1 is 0.783 bits per heavy atom. The van der Waals surface area contributed by atoms with E-state index in [1.165, 1.54) is 11.6 Å². The van der Waals surface area contributed by atoms with Gasteiger partial charge in [-0.15, -0.1) is 0 Å². The maximum atomic E-state index is 15.2. The Bertz CT molecular complexity index is 1970. The predicted molar refractivity (Wildman–Crippen MR) is 179 cm³/mol. The Labute approximate surface area is 268 Å². The van der Waals surface area contributed by atoms with Crippen LogP contribution < -0.4 is 4.90 Å². The second-order valence-corrected chi connectivity index (χ2v) is 12.0. The first-order valence-corrected chi connectivity index (χ1v) is 15.4. The Balaban J connectivity index is 1.56. The number of benzene rings is 2. The first kappa shape index (κ1) is 30.8. The van der Waals surface area contributed by atoms with E-state index in [9.17, 15) is 4.39 Å². The largest absolute Gasteiger partial charge is 0.310 e. The van der Waals surface area contributed by atoms with Gasteiger partial charge in [0.1, 0.15) is 11.6 Å². The zero-order valence-electron chi connectivity index (χ0n) is 26.6. The summed E-state index contributed by atoms with van der Waals surface area (Å²) in [7, 11) is 0. The molecular weight excluding hydrogens is 578 g/mol. The highest BCUT2D eigenvalue weighted by Crippen LogP contribution is 2.40. The van der Waals surface area contributed by atoms with E-state index < -0.39 is 17.3 Å². The van der Waals surface area contributed by atoms with E-state index in [1.807, 2.05) is 92.2 Å². The SMILES string of the molecule is CCC(C)c1ccc(N(c2ccccc2)c2cc(-c3ccc(F)nc3F)nc(C(C)(C)c3cccc(-n4ccnc4C)n3)c2)cc1. The van der Waals surface area contributed by atoms with Gasteiger partial charge in [0.05, 0.1) is 28.3 Å². The van der Waals surface area contributed by atoms with Crippen molar-refractivity contribution in [1.82, 2.24) is 24.5 Å². The number of anilines is 3. The molecule has 6 aromatic rings. The summed E-state index contributed by atoms with van der Waals surface area (Å²) < 4.78 is 31.1. The molecule has 0 amide bonds. The third-order valence-electron chi connectivity index (χ3n) is 8.59. The molecule has 0 N–H and O–H groups in total. The van der Waals surface area contributed by atoms with Crippen LogP contribution in [0, 0.1) is 18.8 Å². The zero-order valence-corrected chi connectivity index (χ0v) is 26.6. The topological polar surface area (TPSA) is 59.7 Å². The fourth-order valence-corrected chi connectivity index (χ4v) is 5.58. The highest BCUT2D eigenvalue weighted by Gasteiger charge is 2.30. The molecular formula is C38H36F2N6. The van der Waals surface area contributed by atoms with E-state index in [2.05, 4.69) is 53.0 Å². The van der Waals surface area contributed by atoms with Gasteiger partial charge in [-0.1, -0.05) is 50.2 Å². The molecule has 0 bridgehead atoms. The fraction of sp³-hybridized carbons (Fsp3) is 0.211.